The maximum absolute atomic E-state index is 11.0. The van der Waals surface area contributed by atoms with E-state index >= 15 is 0 Å². The molecule has 0 saturated heterocycles. The maximum Gasteiger partial charge on any atom is 0.284 e. The fraction of sp³-hybridized carbons (Fsp3) is 0.294. The van der Waals surface area contributed by atoms with Crippen LogP contribution in [0.3, 0.4) is 0 Å². The lowest BCUT2D eigenvalue weighted by molar-refractivity contribution is 0.0972. The van der Waals surface area contributed by atoms with Crippen molar-refractivity contribution in [1.29, 1.82) is 0 Å². The Labute approximate surface area is 174 Å². The summed E-state index contributed by atoms with van der Waals surface area (Å²) < 4.78 is 10.4. The highest BCUT2D eigenvalue weighted by atomic mass is 127. The van der Waals surface area contributed by atoms with Gasteiger partial charge < -0.3 is 25.5 Å². The van der Waals surface area contributed by atoms with Crippen LogP contribution in [0.25, 0.3) is 0 Å². The van der Waals surface area contributed by atoms with Crippen LogP contribution in [0.5, 0.6) is 5.75 Å². The number of hydrogen-bond donors (Lipinski definition) is 3. The first-order valence-electron chi connectivity index (χ1n) is 7.69. The third kappa shape index (κ3) is 6.41. The van der Waals surface area contributed by atoms with Gasteiger partial charge in [-0.1, -0.05) is 17.7 Å². The molecular formula is C17H22ClIN4O3. The third-order valence-corrected chi connectivity index (χ3v) is 3.86. The number of carbonyl (C=O) groups excluding carboxylic acids is 1. The number of guanidine groups is 1. The van der Waals surface area contributed by atoms with Crippen molar-refractivity contribution in [1.82, 2.24) is 10.6 Å². The molecule has 7 nitrogen and oxygen atoms in total. The van der Waals surface area contributed by atoms with Crippen molar-refractivity contribution in [2.45, 2.75) is 13.0 Å². The predicted octanol–water partition coefficient (Wildman–Crippen LogP) is 2.57. The van der Waals surface area contributed by atoms with Crippen LogP contribution in [0, 0.1) is 0 Å². The van der Waals surface area contributed by atoms with Crippen molar-refractivity contribution >= 4 is 47.4 Å². The number of carbonyl (C=O) groups is 1. The quantitative estimate of drug-likeness (QED) is 0.313. The molecule has 26 heavy (non-hydrogen) atoms. The molecule has 1 aromatic heterocycles. The van der Waals surface area contributed by atoms with Gasteiger partial charge in [0.15, 0.2) is 11.7 Å². The molecule has 0 bridgehead atoms. The van der Waals surface area contributed by atoms with Gasteiger partial charge in [-0.15, -0.1) is 24.0 Å². The molecule has 0 unspecified atom stereocenters. The van der Waals surface area contributed by atoms with Crippen LogP contribution in [0.4, 0.5) is 0 Å². The number of hydrogen-bond acceptors (Lipinski definition) is 4. The van der Waals surface area contributed by atoms with E-state index in [1.54, 1.807) is 32.4 Å². The number of rotatable bonds is 7. The van der Waals surface area contributed by atoms with Gasteiger partial charge in [0.2, 0.25) is 0 Å². The summed E-state index contributed by atoms with van der Waals surface area (Å²) in [6.07, 6.45) is 0.732. The number of nitrogens with one attached hydrogen (secondary N) is 2. The van der Waals surface area contributed by atoms with E-state index in [1.165, 1.54) is 0 Å². The highest BCUT2D eigenvalue weighted by Crippen LogP contribution is 2.22. The molecule has 0 aliphatic carbocycles. The lowest BCUT2D eigenvalue weighted by Gasteiger charge is -2.12. The number of methoxy groups -OCH3 is 1. The first-order valence-corrected chi connectivity index (χ1v) is 8.06. The average molecular weight is 493 g/mol. The smallest absolute Gasteiger partial charge is 0.284 e. The Kier molecular flexibility index (Phi) is 9.28. The first kappa shape index (κ1) is 22.1. The Morgan fingerprint density at radius 3 is 2.65 bits per heavy atom. The Bertz CT molecular complexity index is 764. The molecule has 4 N–H and O–H groups in total. The van der Waals surface area contributed by atoms with Gasteiger partial charge in [0.25, 0.3) is 5.91 Å². The van der Waals surface area contributed by atoms with Gasteiger partial charge in [-0.25, -0.2) is 0 Å². The third-order valence-electron chi connectivity index (χ3n) is 3.51. The molecule has 2 rings (SSSR count). The van der Waals surface area contributed by atoms with E-state index in [0.29, 0.717) is 29.8 Å². The van der Waals surface area contributed by atoms with Crippen LogP contribution in [0.1, 0.15) is 21.9 Å². The summed E-state index contributed by atoms with van der Waals surface area (Å²) in [5, 5.41) is 6.95. The number of amides is 1. The summed E-state index contributed by atoms with van der Waals surface area (Å²) in [4.78, 5) is 15.1. The van der Waals surface area contributed by atoms with E-state index in [4.69, 9.17) is 26.5 Å². The van der Waals surface area contributed by atoms with E-state index in [9.17, 15) is 4.79 Å². The van der Waals surface area contributed by atoms with Gasteiger partial charge in [-0.05, 0) is 36.2 Å². The minimum absolute atomic E-state index is 0. The molecule has 2 aromatic rings. The topological polar surface area (TPSA) is 102 Å². The second-order valence-corrected chi connectivity index (χ2v) is 5.60. The second kappa shape index (κ2) is 10.9. The highest BCUT2D eigenvalue weighted by molar-refractivity contribution is 14.0. The largest absolute Gasteiger partial charge is 0.497 e. The summed E-state index contributed by atoms with van der Waals surface area (Å²) in [6, 6.07) is 8.84. The van der Waals surface area contributed by atoms with Crippen molar-refractivity contribution in [2.75, 3.05) is 20.7 Å². The van der Waals surface area contributed by atoms with Crippen molar-refractivity contribution in [3.63, 3.8) is 0 Å². The molecule has 0 saturated carbocycles. The molecule has 0 radical (unpaired) electrons. The van der Waals surface area contributed by atoms with E-state index in [1.807, 2.05) is 12.1 Å². The van der Waals surface area contributed by atoms with Gasteiger partial charge in [0, 0.05) is 18.6 Å². The molecule has 0 aliphatic rings. The molecule has 0 atom stereocenters. The summed E-state index contributed by atoms with van der Waals surface area (Å²) >= 11 is 6.22. The van der Waals surface area contributed by atoms with Gasteiger partial charge in [-0.2, -0.15) is 0 Å². The summed E-state index contributed by atoms with van der Waals surface area (Å²) in [5.41, 5.74) is 6.17. The second-order valence-electron chi connectivity index (χ2n) is 5.19. The number of halogens is 2. The number of aliphatic imine (C=N–C) groups is 1. The molecule has 9 heteroatoms. The number of furan rings is 1. The average Bonchev–Trinajstić information content (AvgIpc) is 3.08. The van der Waals surface area contributed by atoms with Crippen LogP contribution in [0.15, 0.2) is 39.7 Å². The number of nitrogens with two attached hydrogens (primary N) is 1. The van der Waals surface area contributed by atoms with Crippen LogP contribution >= 0.6 is 35.6 Å². The predicted molar refractivity (Wildman–Crippen MR) is 113 cm³/mol. The van der Waals surface area contributed by atoms with Crippen LogP contribution in [-0.4, -0.2) is 32.6 Å². The SMILES string of the molecule is CN=C(NCCc1ccc(OC)cc1Cl)NCc1ccc(C(N)=O)o1.I. The zero-order valence-electron chi connectivity index (χ0n) is 14.5. The molecule has 1 aromatic carbocycles. The zero-order chi connectivity index (χ0) is 18.2. The van der Waals surface area contributed by atoms with Gasteiger partial charge in [0.05, 0.1) is 13.7 Å². The molecule has 0 spiro atoms. The number of nitrogens with zero attached hydrogens (tertiary/aromatic N) is 1. The number of benzene rings is 1. The van der Waals surface area contributed by atoms with Crippen molar-refractivity contribution in [3.05, 3.63) is 52.4 Å². The molecule has 1 heterocycles. The summed E-state index contributed by atoms with van der Waals surface area (Å²) in [5.74, 6) is 1.48. The van der Waals surface area contributed by atoms with E-state index in [-0.39, 0.29) is 29.7 Å². The number of ether oxygens (including phenoxy) is 1. The minimum atomic E-state index is -0.592. The fourth-order valence-corrected chi connectivity index (χ4v) is 2.44. The Morgan fingerprint density at radius 1 is 1.31 bits per heavy atom. The molecule has 1 amide bonds. The lowest BCUT2D eigenvalue weighted by Crippen LogP contribution is -2.37. The monoisotopic (exact) mass is 492 g/mol. The van der Waals surface area contributed by atoms with E-state index in [0.717, 1.165) is 17.7 Å². The normalized spacial score (nSPS) is 10.8. The van der Waals surface area contributed by atoms with Crippen molar-refractivity contribution < 1.29 is 13.9 Å². The zero-order valence-corrected chi connectivity index (χ0v) is 17.6. The molecule has 142 valence electrons. The summed E-state index contributed by atoms with van der Waals surface area (Å²) in [6.45, 7) is 1.03. The standard InChI is InChI=1S/C17H21ClN4O3.HI/c1-20-17(22-10-13-5-6-15(25-13)16(19)23)21-8-7-11-3-4-12(24-2)9-14(11)18;/h3-6,9H,7-8,10H2,1-2H3,(H2,19,23)(H2,20,21,22);1H. The van der Waals surface area contributed by atoms with Gasteiger partial charge >= 0.3 is 0 Å². The minimum Gasteiger partial charge on any atom is -0.497 e. The van der Waals surface area contributed by atoms with E-state index < -0.39 is 5.91 Å². The lowest BCUT2D eigenvalue weighted by atomic mass is 10.1. The Morgan fingerprint density at radius 2 is 2.08 bits per heavy atom. The maximum atomic E-state index is 11.0. The highest BCUT2D eigenvalue weighted by Gasteiger charge is 2.08. The molecule has 0 aliphatic heterocycles. The first-order chi connectivity index (χ1) is 12.0. The number of primary amides is 1. The summed E-state index contributed by atoms with van der Waals surface area (Å²) in [7, 11) is 3.28. The molecule has 0 fully saturated rings. The van der Waals surface area contributed by atoms with Crippen LogP contribution in [-0.2, 0) is 13.0 Å². The van der Waals surface area contributed by atoms with Gasteiger partial charge in [-0.3, -0.25) is 9.79 Å². The van der Waals surface area contributed by atoms with Crippen LogP contribution in [0.2, 0.25) is 5.02 Å². The molecular weight excluding hydrogens is 471 g/mol. The Balaban J connectivity index is 0.00000338. The van der Waals surface area contributed by atoms with Crippen molar-refractivity contribution in [2.24, 2.45) is 10.7 Å². The Hall–Kier alpha value is -1.94. The van der Waals surface area contributed by atoms with Gasteiger partial charge in [0.1, 0.15) is 11.5 Å². The van der Waals surface area contributed by atoms with E-state index in [2.05, 4.69) is 15.6 Å². The van der Waals surface area contributed by atoms with Crippen LogP contribution < -0.4 is 21.1 Å². The van der Waals surface area contributed by atoms with Crippen molar-refractivity contribution in [3.8, 4) is 5.75 Å². The fourth-order valence-electron chi connectivity index (χ4n) is 2.17.